The molecule has 1 aliphatic rings. The Balaban J connectivity index is 1.79. The molecule has 1 heterocycles. The molecule has 3 nitrogen and oxygen atoms in total. The lowest BCUT2D eigenvalue weighted by atomic mass is 10.0. The molecule has 0 aliphatic heterocycles. The summed E-state index contributed by atoms with van der Waals surface area (Å²) in [5.41, 5.74) is 5.05. The SMILES string of the molecule is CNc1ccc([C]2C=C2c2ccnc(C(C)=O)c2)cc1. The highest BCUT2D eigenvalue weighted by Crippen LogP contribution is 2.45. The first-order chi connectivity index (χ1) is 9.69. The van der Waals surface area contributed by atoms with Crippen LogP contribution in [0.25, 0.3) is 5.57 Å². The number of benzene rings is 1. The van der Waals surface area contributed by atoms with Crippen LogP contribution in [0.5, 0.6) is 0 Å². The lowest BCUT2D eigenvalue weighted by Crippen LogP contribution is -1.96. The third kappa shape index (κ3) is 2.35. The van der Waals surface area contributed by atoms with Gasteiger partial charge in [-0.05, 0) is 41.0 Å². The number of allylic oxidation sites excluding steroid dienone is 2. The number of carbonyl (C=O) groups excluding carboxylic acids is 1. The molecule has 20 heavy (non-hydrogen) atoms. The molecule has 0 spiro atoms. The highest BCUT2D eigenvalue weighted by Gasteiger charge is 2.29. The quantitative estimate of drug-likeness (QED) is 0.860. The number of nitrogens with zero attached hydrogens (tertiary/aromatic N) is 1. The monoisotopic (exact) mass is 263 g/mol. The van der Waals surface area contributed by atoms with Crippen molar-refractivity contribution in [1.29, 1.82) is 0 Å². The summed E-state index contributed by atoms with van der Waals surface area (Å²) >= 11 is 0. The molecular formula is C17H15N2O. The minimum absolute atomic E-state index is 0.00646. The maximum Gasteiger partial charge on any atom is 0.178 e. The number of rotatable bonds is 4. The normalized spacial score (nSPS) is 13.8. The van der Waals surface area contributed by atoms with Gasteiger partial charge >= 0.3 is 0 Å². The van der Waals surface area contributed by atoms with Gasteiger partial charge in [-0.15, -0.1) is 0 Å². The predicted molar refractivity (Wildman–Crippen MR) is 80.6 cm³/mol. The van der Waals surface area contributed by atoms with E-state index < -0.39 is 0 Å². The average Bonchev–Trinajstić information content (AvgIpc) is 3.28. The Kier molecular flexibility index (Phi) is 3.11. The fraction of sp³-hybridized carbons (Fsp3) is 0.118. The van der Waals surface area contributed by atoms with Gasteiger partial charge in [-0.3, -0.25) is 9.78 Å². The van der Waals surface area contributed by atoms with Crippen molar-refractivity contribution in [3.05, 3.63) is 71.4 Å². The molecule has 0 amide bonds. The second kappa shape index (κ2) is 4.93. The fourth-order valence-electron chi connectivity index (χ4n) is 2.19. The van der Waals surface area contributed by atoms with Crippen LogP contribution in [0.2, 0.25) is 0 Å². The molecule has 99 valence electrons. The number of pyridine rings is 1. The van der Waals surface area contributed by atoms with E-state index >= 15 is 0 Å². The Hall–Kier alpha value is -2.42. The second-order valence-corrected chi connectivity index (χ2v) is 4.78. The van der Waals surface area contributed by atoms with Crippen LogP contribution in [0.1, 0.15) is 28.5 Å². The van der Waals surface area contributed by atoms with Crippen LogP contribution in [0, 0.1) is 5.92 Å². The van der Waals surface area contributed by atoms with E-state index in [1.165, 1.54) is 24.0 Å². The summed E-state index contributed by atoms with van der Waals surface area (Å²) in [5, 5.41) is 3.10. The number of carbonyl (C=O) groups is 1. The van der Waals surface area contributed by atoms with Gasteiger partial charge in [0.2, 0.25) is 0 Å². The Bertz CT molecular complexity index is 686. The zero-order valence-electron chi connectivity index (χ0n) is 11.5. The van der Waals surface area contributed by atoms with Crippen LogP contribution in [0.4, 0.5) is 5.69 Å². The van der Waals surface area contributed by atoms with Crippen LogP contribution >= 0.6 is 0 Å². The molecule has 1 aliphatic carbocycles. The van der Waals surface area contributed by atoms with Gasteiger partial charge in [0.25, 0.3) is 0 Å². The van der Waals surface area contributed by atoms with E-state index in [0.29, 0.717) is 5.69 Å². The van der Waals surface area contributed by atoms with Gasteiger partial charge in [0, 0.05) is 25.9 Å². The molecule has 1 N–H and O–H groups in total. The summed E-state index contributed by atoms with van der Waals surface area (Å²) in [4.78, 5) is 15.4. The van der Waals surface area contributed by atoms with E-state index in [0.717, 1.165) is 11.3 Å². The molecule has 0 saturated heterocycles. The zero-order chi connectivity index (χ0) is 14.1. The first kappa shape index (κ1) is 12.6. The summed E-state index contributed by atoms with van der Waals surface area (Å²) in [7, 11) is 1.91. The largest absolute Gasteiger partial charge is 0.388 e. The van der Waals surface area contributed by atoms with E-state index in [9.17, 15) is 4.79 Å². The molecule has 1 aromatic carbocycles. The molecule has 1 radical (unpaired) electrons. The fourth-order valence-corrected chi connectivity index (χ4v) is 2.19. The molecule has 3 rings (SSSR count). The minimum atomic E-state index is -0.00646. The second-order valence-electron chi connectivity index (χ2n) is 4.78. The summed E-state index contributed by atoms with van der Waals surface area (Å²) in [5.74, 6) is 1.22. The van der Waals surface area contributed by atoms with E-state index in [-0.39, 0.29) is 5.78 Å². The third-order valence-corrected chi connectivity index (χ3v) is 3.41. The van der Waals surface area contributed by atoms with Gasteiger partial charge in [-0.25, -0.2) is 0 Å². The minimum Gasteiger partial charge on any atom is -0.388 e. The van der Waals surface area contributed by atoms with Gasteiger partial charge in [-0.2, -0.15) is 0 Å². The summed E-state index contributed by atoms with van der Waals surface area (Å²) in [6, 6.07) is 12.1. The first-order valence-corrected chi connectivity index (χ1v) is 6.53. The highest BCUT2D eigenvalue weighted by molar-refractivity contribution is 6.00. The Labute approximate surface area is 118 Å². The standard InChI is InChI=1S/C17H15N2O/c1-11(20)17-9-13(7-8-19-17)16-10-15(16)12-3-5-14(18-2)6-4-12/h3-10,18H,1-2H3. The van der Waals surface area contributed by atoms with Crippen molar-refractivity contribution in [1.82, 2.24) is 4.98 Å². The van der Waals surface area contributed by atoms with Crippen molar-refractivity contribution in [2.24, 2.45) is 0 Å². The van der Waals surface area contributed by atoms with E-state index in [1.54, 1.807) is 6.20 Å². The van der Waals surface area contributed by atoms with Crippen molar-refractivity contribution in [2.75, 3.05) is 12.4 Å². The van der Waals surface area contributed by atoms with E-state index in [1.807, 2.05) is 19.2 Å². The first-order valence-electron chi connectivity index (χ1n) is 6.53. The lowest BCUT2D eigenvalue weighted by molar-refractivity contribution is 0.101. The molecule has 0 saturated carbocycles. The maximum atomic E-state index is 11.4. The van der Waals surface area contributed by atoms with Crippen LogP contribution in [-0.4, -0.2) is 17.8 Å². The number of hydrogen-bond donors (Lipinski definition) is 1. The Morgan fingerprint density at radius 2 is 1.85 bits per heavy atom. The number of Topliss-reactive ketones (excluding diaryl/α,β-unsaturated/α-hetero) is 1. The van der Waals surface area contributed by atoms with Crippen LogP contribution in [0.3, 0.4) is 0 Å². The molecule has 0 atom stereocenters. The zero-order valence-corrected chi connectivity index (χ0v) is 11.5. The molecule has 0 unspecified atom stereocenters. The highest BCUT2D eigenvalue weighted by atomic mass is 16.1. The van der Waals surface area contributed by atoms with E-state index in [2.05, 4.69) is 40.6 Å². The number of hydrogen-bond acceptors (Lipinski definition) is 3. The molecular weight excluding hydrogens is 248 g/mol. The molecule has 2 aromatic rings. The smallest absolute Gasteiger partial charge is 0.178 e. The van der Waals surface area contributed by atoms with Gasteiger partial charge in [0.1, 0.15) is 5.69 Å². The molecule has 0 bridgehead atoms. The summed E-state index contributed by atoms with van der Waals surface area (Å²) < 4.78 is 0. The number of anilines is 1. The van der Waals surface area contributed by atoms with Crippen LogP contribution in [-0.2, 0) is 0 Å². The molecule has 1 aromatic heterocycles. The van der Waals surface area contributed by atoms with Crippen molar-refractivity contribution in [3.8, 4) is 0 Å². The molecule has 3 heteroatoms. The number of aromatic nitrogens is 1. The van der Waals surface area contributed by atoms with E-state index in [4.69, 9.17) is 0 Å². The van der Waals surface area contributed by atoms with Crippen LogP contribution < -0.4 is 5.32 Å². The van der Waals surface area contributed by atoms with Crippen molar-refractivity contribution in [3.63, 3.8) is 0 Å². The maximum absolute atomic E-state index is 11.4. The summed E-state index contributed by atoms with van der Waals surface area (Å²) in [6.07, 6.45) is 3.82. The van der Waals surface area contributed by atoms with Crippen molar-refractivity contribution >= 4 is 17.0 Å². The van der Waals surface area contributed by atoms with Gasteiger partial charge in [0.15, 0.2) is 5.78 Å². The Morgan fingerprint density at radius 3 is 2.50 bits per heavy atom. The summed E-state index contributed by atoms with van der Waals surface area (Å²) in [6.45, 7) is 1.54. The number of ketones is 1. The predicted octanol–water partition coefficient (Wildman–Crippen LogP) is 3.35. The van der Waals surface area contributed by atoms with Gasteiger partial charge < -0.3 is 5.32 Å². The van der Waals surface area contributed by atoms with Gasteiger partial charge in [0.05, 0.1) is 5.92 Å². The average molecular weight is 263 g/mol. The van der Waals surface area contributed by atoms with Crippen molar-refractivity contribution < 1.29 is 4.79 Å². The number of nitrogens with one attached hydrogen (secondary N) is 1. The topological polar surface area (TPSA) is 42.0 Å². The van der Waals surface area contributed by atoms with Crippen LogP contribution in [0.15, 0.2) is 48.7 Å². The van der Waals surface area contributed by atoms with Gasteiger partial charge in [-0.1, -0.05) is 18.2 Å². The Morgan fingerprint density at radius 1 is 1.10 bits per heavy atom. The lowest BCUT2D eigenvalue weighted by Gasteiger charge is -2.04. The molecule has 0 fully saturated rings. The van der Waals surface area contributed by atoms with Crippen molar-refractivity contribution in [2.45, 2.75) is 6.92 Å². The third-order valence-electron chi connectivity index (χ3n) is 3.41.